The molecule has 2 aromatic rings. The zero-order chi connectivity index (χ0) is 24.9. The molecule has 0 saturated carbocycles. The Morgan fingerprint density at radius 2 is 1.65 bits per heavy atom. The number of alkyl halides is 3. The summed E-state index contributed by atoms with van der Waals surface area (Å²) in [6.45, 7) is 3.17. The van der Waals surface area contributed by atoms with Crippen molar-refractivity contribution in [3.05, 3.63) is 52.5 Å². The van der Waals surface area contributed by atoms with Gasteiger partial charge in [0.05, 0.1) is 5.75 Å². The molecule has 0 radical (unpaired) electrons. The van der Waals surface area contributed by atoms with Crippen molar-refractivity contribution in [1.82, 2.24) is 4.90 Å². The summed E-state index contributed by atoms with van der Waals surface area (Å²) in [7, 11) is -3.18. The molecule has 1 spiro atoms. The maximum Gasteiger partial charge on any atom is 0.406 e. The van der Waals surface area contributed by atoms with Crippen LogP contribution in [0.2, 0.25) is 5.02 Å². The molecule has 4 rings (SSSR count). The monoisotopic (exact) mass is 515 g/mol. The van der Waals surface area contributed by atoms with Gasteiger partial charge in [0.15, 0.2) is 9.84 Å². The van der Waals surface area contributed by atoms with Crippen LogP contribution in [-0.4, -0.2) is 50.0 Å². The standard InChI is InChI=1S/C25H29ClF3NO3S/c1-23(2,25(27,28)29)30-12-10-24(11-13-30)9-8-19-14-17(6-7-22(19)33-24)18-4-5-20(21(26)15-18)16-34(3,31)32/h4-7,14-15H,8-13,16H2,1-3H3. The minimum atomic E-state index is -4.28. The third-order valence-electron chi connectivity index (χ3n) is 7.20. The van der Waals surface area contributed by atoms with Gasteiger partial charge in [0, 0.05) is 24.4 Å². The largest absolute Gasteiger partial charge is 0.487 e. The van der Waals surface area contributed by atoms with Crippen LogP contribution >= 0.6 is 11.6 Å². The molecule has 2 aromatic carbocycles. The number of nitrogens with zero attached hydrogens (tertiary/aromatic N) is 1. The van der Waals surface area contributed by atoms with Crippen molar-refractivity contribution in [3.63, 3.8) is 0 Å². The summed E-state index contributed by atoms with van der Waals surface area (Å²) in [6.07, 6.45) is -0.436. The van der Waals surface area contributed by atoms with Crippen molar-refractivity contribution >= 4 is 21.4 Å². The first-order chi connectivity index (χ1) is 15.7. The predicted octanol–water partition coefficient (Wildman–Crippen LogP) is 6.05. The van der Waals surface area contributed by atoms with Crippen molar-refractivity contribution in [2.24, 2.45) is 0 Å². The molecule has 9 heteroatoms. The average molecular weight is 516 g/mol. The Kier molecular flexibility index (Phi) is 6.49. The van der Waals surface area contributed by atoms with Crippen molar-refractivity contribution in [3.8, 4) is 16.9 Å². The van der Waals surface area contributed by atoms with Gasteiger partial charge in [0.2, 0.25) is 0 Å². The van der Waals surface area contributed by atoms with Gasteiger partial charge in [-0.15, -0.1) is 0 Å². The molecule has 1 fully saturated rings. The number of hydrogen-bond donors (Lipinski definition) is 0. The number of likely N-dealkylation sites (tertiary alicyclic amines) is 1. The summed E-state index contributed by atoms with van der Waals surface area (Å²) in [5, 5.41) is 0.407. The van der Waals surface area contributed by atoms with Gasteiger partial charge in [-0.1, -0.05) is 29.8 Å². The number of sulfone groups is 1. The number of piperidine rings is 1. The molecule has 0 atom stereocenters. The quantitative estimate of drug-likeness (QED) is 0.497. The van der Waals surface area contributed by atoms with Gasteiger partial charge in [-0.3, -0.25) is 4.90 Å². The minimum Gasteiger partial charge on any atom is -0.487 e. The summed E-state index contributed by atoms with van der Waals surface area (Å²) in [5.74, 6) is 0.669. The topological polar surface area (TPSA) is 46.6 Å². The maximum absolute atomic E-state index is 13.4. The molecule has 0 N–H and O–H groups in total. The number of rotatable bonds is 4. The van der Waals surface area contributed by atoms with E-state index in [0.29, 0.717) is 36.5 Å². The lowest BCUT2D eigenvalue weighted by atomic mass is 9.81. The van der Waals surface area contributed by atoms with E-state index in [0.717, 1.165) is 35.3 Å². The zero-order valence-electron chi connectivity index (χ0n) is 19.5. The summed E-state index contributed by atoms with van der Waals surface area (Å²) in [4.78, 5) is 1.51. The first-order valence-electron chi connectivity index (χ1n) is 11.3. The van der Waals surface area contributed by atoms with Gasteiger partial charge >= 0.3 is 6.18 Å². The van der Waals surface area contributed by atoms with Crippen LogP contribution in [0.5, 0.6) is 5.75 Å². The molecular weight excluding hydrogens is 487 g/mol. The smallest absolute Gasteiger partial charge is 0.406 e. The Bertz CT molecular complexity index is 1190. The van der Waals surface area contributed by atoms with Crippen LogP contribution in [-0.2, 0) is 22.0 Å². The third-order valence-corrected chi connectivity index (χ3v) is 8.39. The summed E-state index contributed by atoms with van der Waals surface area (Å²) in [6, 6.07) is 11.3. The van der Waals surface area contributed by atoms with E-state index in [2.05, 4.69) is 0 Å². The highest BCUT2D eigenvalue weighted by atomic mass is 35.5. The maximum atomic E-state index is 13.4. The molecule has 0 unspecified atom stereocenters. The fourth-order valence-electron chi connectivity index (χ4n) is 4.83. The Morgan fingerprint density at radius 1 is 1.03 bits per heavy atom. The van der Waals surface area contributed by atoms with Crippen LogP contribution < -0.4 is 4.74 Å². The number of hydrogen-bond acceptors (Lipinski definition) is 4. The molecule has 0 bridgehead atoms. The van der Waals surface area contributed by atoms with Crippen LogP contribution in [0.3, 0.4) is 0 Å². The van der Waals surface area contributed by atoms with E-state index in [9.17, 15) is 21.6 Å². The van der Waals surface area contributed by atoms with Crippen LogP contribution in [0, 0.1) is 0 Å². The van der Waals surface area contributed by atoms with Crippen molar-refractivity contribution < 1.29 is 26.3 Å². The van der Waals surface area contributed by atoms with Gasteiger partial charge < -0.3 is 4.74 Å². The normalized spacial score (nSPS) is 19.0. The molecule has 2 aliphatic rings. The van der Waals surface area contributed by atoms with E-state index >= 15 is 0 Å². The lowest BCUT2D eigenvalue weighted by Crippen LogP contribution is -2.60. The third kappa shape index (κ3) is 5.09. The molecule has 2 heterocycles. The fraction of sp³-hybridized carbons (Fsp3) is 0.520. The van der Waals surface area contributed by atoms with Gasteiger partial charge in [-0.2, -0.15) is 13.2 Å². The van der Waals surface area contributed by atoms with Crippen molar-refractivity contribution in [2.45, 2.75) is 62.6 Å². The first kappa shape index (κ1) is 25.3. The fourth-order valence-corrected chi connectivity index (χ4v) is 5.97. The number of halogens is 4. The number of ether oxygens (including phenoxy) is 1. The zero-order valence-corrected chi connectivity index (χ0v) is 21.1. The molecule has 34 heavy (non-hydrogen) atoms. The molecule has 2 aliphatic heterocycles. The van der Waals surface area contributed by atoms with E-state index < -0.39 is 27.2 Å². The molecule has 186 valence electrons. The molecule has 1 saturated heterocycles. The molecule has 0 aromatic heterocycles. The SMILES string of the molecule is CC(C)(N1CCC2(CCc3cc(-c4ccc(CS(C)(=O)=O)c(Cl)c4)ccc3O2)CC1)C(F)(F)F. The Morgan fingerprint density at radius 3 is 2.24 bits per heavy atom. The Labute approximate surface area is 204 Å². The van der Waals surface area contributed by atoms with Crippen LogP contribution in [0.1, 0.15) is 44.2 Å². The van der Waals surface area contributed by atoms with E-state index in [-0.39, 0.29) is 5.75 Å². The molecule has 0 amide bonds. The van der Waals surface area contributed by atoms with Crippen molar-refractivity contribution in [2.75, 3.05) is 19.3 Å². The van der Waals surface area contributed by atoms with Gasteiger partial charge in [0.25, 0.3) is 0 Å². The highest BCUT2D eigenvalue weighted by molar-refractivity contribution is 7.89. The second kappa shape index (κ2) is 8.71. The summed E-state index contributed by atoms with van der Waals surface area (Å²) in [5.41, 5.74) is 1.17. The lowest BCUT2D eigenvalue weighted by Gasteiger charge is -2.49. The second-order valence-corrected chi connectivity index (χ2v) is 12.6. The average Bonchev–Trinajstić information content (AvgIpc) is 2.73. The second-order valence-electron chi connectivity index (χ2n) is 10.0. The summed E-state index contributed by atoms with van der Waals surface area (Å²) >= 11 is 6.33. The van der Waals surface area contributed by atoms with E-state index in [1.807, 2.05) is 24.3 Å². The van der Waals surface area contributed by atoms with Crippen LogP contribution in [0.4, 0.5) is 13.2 Å². The minimum absolute atomic E-state index is 0.107. The Hall–Kier alpha value is -1.77. The molecule has 0 aliphatic carbocycles. The molecule has 4 nitrogen and oxygen atoms in total. The van der Waals surface area contributed by atoms with Gasteiger partial charge in [-0.25, -0.2) is 8.42 Å². The van der Waals surface area contributed by atoms with E-state index in [1.165, 1.54) is 25.0 Å². The van der Waals surface area contributed by atoms with E-state index in [1.54, 1.807) is 12.1 Å². The lowest BCUT2D eigenvalue weighted by molar-refractivity contribution is -0.227. The number of fused-ring (bicyclic) bond motifs is 1. The van der Waals surface area contributed by atoms with Gasteiger partial charge in [0.1, 0.15) is 16.9 Å². The van der Waals surface area contributed by atoms with Crippen LogP contribution in [0.15, 0.2) is 36.4 Å². The number of benzene rings is 2. The van der Waals surface area contributed by atoms with Crippen LogP contribution in [0.25, 0.3) is 11.1 Å². The number of aryl methyl sites for hydroxylation is 1. The highest BCUT2D eigenvalue weighted by Crippen LogP contribution is 2.44. The first-order valence-corrected chi connectivity index (χ1v) is 13.7. The predicted molar refractivity (Wildman–Crippen MR) is 128 cm³/mol. The highest BCUT2D eigenvalue weighted by Gasteiger charge is 2.53. The Balaban J connectivity index is 1.48. The van der Waals surface area contributed by atoms with Crippen molar-refractivity contribution in [1.29, 1.82) is 0 Å². The summed E-state index contributed by atoms with van der Waals surface area (Å²) < 4.78 is 69.9. The van der Waals surface area contributed by atoms with Gasteiger partial charge in [-0.05, 0) is 80.0 Å². The molecular formula is C25H29ClF3NO3S. The van der Waals surface area contributed by atoms with E-state index in [4.69, 9.17) is 16.3 Å².